The Kier molecular flexibility index (Phi) is 5.17. The van der Waals surface area contributed by atoms with Gasteiger partial charge < -0.3 is 19.9 Å². The number of hydrogen-bond acceptors (Lipinski definition) is 4. The molecule has 8 heteroatoms. The van der Waals surface area contributed by atoms with E-state index in [1.54, 1.807) is 19.2 Å². The molecule has 1 fully saturated rings. The minimum Gasteiger partial charge on any atom is -0.388 e. The number of carbonyl (C=O) groups is 1. The third-order valence-corrected chi connectivity index (χ3v) is 2.70. The zero-order valence-electron chi connectivity index (χ0n) is 10.9. The molecule has 112 valence electrons. The smallest absolute Gasteiger partial charge is 0.388 e. The Balaban J connectivity index is 2.66. The van der Waals surface area contributed by atoms with Crippen molar-refractivity contribution in [1.29, 1.82) is 0 Å². The highest BCUT2D eigenvalue weighted by molar-refractivity contribution is 5.82. The third-order valence-electron chi connectivity index (χ3n) is 2.70. The van der Waals surface area contributed by atoms with Crippen LogP contribution in [-0.4, -0.2) is 47.8 Å². The van der Waals surface area contributed by atoms with Gasteiger partial charge in [0.1, 0.15) is 6.10 Å². The topological polar surface area (TPSA) is 67.8 Å². The summed E-state index contributed by atoms with van der Waals surface area (Å²) in [6.45, 7) is 5.01. The molecule has 1 amide bonds. The molecule has 0 aromatic rings. The molecule has 5 nitrogen and oxygen atoms in total. The van der Waals surface area contributed by atoms with Gasteiger partial charge in [0.05, 0.1) is 18.2 Å². The number of carbonyl (C=O) groups excluding carboxylic acids is 1. The number of ether oxygens (including phenoxy) is 2. The second kappa shape index (κ2) is 6.06. The maximum atomic E-state index is 12.2. The molecule has 0 aromatic carbocycles. The Labute approximate surface area is 109 Å². The number of nitrogens with one attached hydrogen (secondary N) is 1. The molecule has 1 aliphatic rings. The predicted octanol–water partition coefficient (Wildman–Crippen LogP) is 0.954. The second-order valence-corrected chi connectivity index (χ2v) is 4.76. The van der Waals surface area contributed by atoms with Gasteiger partial charge in [-0.05, 0) is 20.8 Å². The highest BCUT2D eigenvalue weighted by Gasteiger charge is 2.43. The summed E-state index contributed by atoms with van der Waals surface area (Å²) < 4.78 is 47.2. The van der Waals surface area contributed by atoms with Crippen molar-refractivity contribution in [1.82, 2.24) is 5.32 Å². The molecular weight excluding hydrogens is 267 g/mol. The van der Waals surface area contributed by atoms with E-state index in [4.69, 9.17) is 9.47 Å². The van der Waals surface area contributed by atoms with Gasteiger partial charge in [-0.2, -0.15) is 13.2 Å². The molecule has 0 aliphatic carbocycles. The second-order valence-electron chi connectivity index (χ2n) is 4.76. The highest BCUT2D eigenvalue weighted by Crippen LogP contribution is 2.23. The van der Waals surface area contributed by atoms with Crippen molar-refractivity contribution in [2.24, 2.45) is 0 Å². The maximum Gasteiger partial charge on any atom is 0.471 e. The lowest BCUT2D eigenvalue weighted by atomic mass is 9.99. The first-order chi connectivity index (χ1) is 8.61. The fourth-order valence-electron chi connectivity index (χ4n) is 1.84. The molecule has 0 spiro atoms. The van der Waals surface area contributed by atoms with E-state index >= 15 is 0 Å². The molecule has 1 aliphatic heterocycles. The summed E-state index contributed by atoms with van der Waals surface area (Å²) in [5, 5.41) is 11.5. The molecule has 2 N–H and O–H groups in total. The zero-order chi connectivity index (χ0) is 14.8. The van der Waals surface area contributed by atoms with Crippen LogP contribution in [0.25, 0.3) is 0 Å². The lowest BCUT2D eigenvalue weighted by molar-refractivity contribution is -0.238. The number of alkyl halides is 3. The average molecular weight is 285 g/mol. The highest BCUT2D eigenvalue weighted by atomic mass is 19.4. The maximum absolute atomic E-state index is 12.2. The van der Waals surface area contributed by atoms with Crippen molar-refractivity contribution in [3.63, 3.8) is 0 Å². The molecule has 19 heavy (non-hydrogen) atoms. The minimum absolute atomic E-state index is 0.0362. The van der Waals surface area contributed by atoms with E-state index in [-0.39, 0.29) is 12.5 Å². The van der Waals surface area contributed by atoms with Crippen LogP contribution in [0.2, 0.25) is 0 Å². The van der Waals surface area contributed by atoms with Crippen LogP contribution in [0.3, 0.4) is 0 Å². The van der Waals surface area contributed by atoms with Crippen LogP contribution >= 0.6 is 0 Å². The predicted molar refractivity (Wildman–Crippen MR) is 59.2 cm³/mol. The number of rotatable bonds is 3. The zero-order valence-corrected chi connectivity index (χ0v) is 10.9. The monoisotopic (exact) mass is 285 g/mol. The Morgan fingerprint density at radius 1 is 1.47 bits per heavy atom. The molecular formula is C11H18F3NO4. The van der Waals surface area contributed by atoms with Gasteiger partial charge >= 0.3 is 12.1 Å². The van der Waals surface area contributed by atoms with Crippen molar-refractivity contribution in [3.8, 4) is 0 Å². The third kappa shape index (κ3) is 4.63. The van der Waals surface area contributed by atoms with Crippen LogP contribution in [0.5, 0.6) is 0 Å². The summed E-state index contributed by atoms with van der Waals surface area (Å²) in [5.41, 5.74) is 0. The summed E-state index contributed by atoms with van der Waals surface area (Å²) in [6.07, 6.45) is -7.88. The molecule has 0 saturated carbocycles. The van der Waals surface area contributed by atoms with E-state index in [1.165, 1.54) is 6.92 Å². The standard InChI is InChI=1S/C11H18F3NO4/c1-5(2)18-8-4-7(9(16)6(3)19-8)15-10(17)11(12,13)14/h5-9,16H,4H2,1-3H3,(H,15,17)/t6-,7-,8+,9+/m0/s1. The summed E-state index contributed by atoms with van der Waals surface area (Å²) in [5.74, 6) is -2.08. The van der Waals surface area contributed by atoms with Gasteiger partial charge in [-0.15, -0.1) is 0 Å². The molecule has 1 heterocycles. The normalized spacial score (nSPS) is 32.4. The van der Waals surface area contributed by atoms with E-state index in [2.05, 4.69) is 0 Å². The van der Waals surface area contributed by atoms with Crippen molar-refractivity contribution in [2.75, 3.05) is 0 Å². The van der Waals surface area contributed by atoms with E-state index < -0.39 is 36.6 Å². The number of aliphatic hydroxyl groups excluding tert-OH is 1. The molecule has 1 rings (SSSR count). The number of halogens is 3. The lowest BCUT2D eigenvalue weighted by Crippen LogP contribution is -2.57. The van der Waals surface area contributed by atoms with Gasteiger partial charge in [0.25, 0.3) is 0 Å². The van der Waals surface area contributed by atoms with Crippen LogP contribution in [-0.2, 0) is 14.3 Å². The summed E-state index contributed by atoms with van der Waals surface area (Å²) >= 11 is 0. The van der Waals surface area contributed by atoms with Crippen LogP contribution in [0.15, 0.2) is 0 Å². The molecule has 1 saturated heterocycles. The molecule has 4 atom stereocenters. The quantitative estimate of drug-likeness (QED) is 0.810. The number of aliphatic hydroxyl groups is 1. The van der Waals surface area contributed by atoms with E-state index in [0.29, 0.717) is 0 Å². The van der Waals surface area contributed by atoms with Gasteiger partial charge in [-0.1, -0.05) is 0 Å². The average Bonchev–Trinajstić information content (AvgIpc) is 2.22. The van der Waals surface area contributed by atoms with E-state index in [0.717, 1.165) is 0 Å². The largest absolute Gasteiger partial charge is 0.471 e. The van der Waals surface area contributed by atoms with Gasteiger partial charge in [-0.25, -0.2) is 0 Å². The van der Waals surface area contributed by atoms with Crippen LogP contribution in [0, 0.1) is 0 Å². The SMILES string of the molecule is CC(C)O[C@H]1C[C@H](NC(=O)C(F)(F)F)[C@H](O)[C@H](C)O1. The van der Waals surface area contributed by atoms with Crippen LogP contribution in [0.4, 0.5) is 13.2 Å². The fraction of sp³-hybridized carbons (Fsp3) is 0.909. The Morgan fingerprint density at radius 3 is 2.53 bits per heavy atom. The van der Waals surface area contributed by atoms with E-state index in [1.807, 2.05) is 0 Å². The first-order valence-corrected chi connectivity index (χ1v) is 5.98. The Morgan fingerprint density at radius 2 is 2.05 bits per heavy atom. The Bertz CT molecular complexity index is 322. The summed E-state index contributed by atoms with van der Waals surface area (Å²) in [6, 6.07) is -1.05. The number of hydrogen-bond donors (Lipinski definition) is 2. The van der Waals surface area contributed by atoms with Gasteiger partial charge in [0.2, 0.25) is 0 Å². The molecule has 0 bridgehead atoms. The molecule has 0 aromatic heterocycles. The van der Waals surface area contributed by atoms with Crippen LogP contribution in [0.1, 0.15) is 27.2 Å². The first kappa shape index (κ1) is 16.2. The van der Waals surface area contributed by atoms with Gasteiger partial charge in [0, 0.05) is 6.42 Å². The molecule has 0 radical (unpaired) electrons. The number of amides is 1. The van der Waals surface area contributed by atoms with Crippen molar-refractivity contribution in [3.05, 3.63) is 0 Å². The van der Waals surface area contributed by atoms with Crippen LogP contribution < -0.4 is 5.32 Å². The Hall–Kier alpha value is -0.860. The fourth-order valence-corrected chi connectivity index (χ4v) is 1.84. The summed E-state index contributed by atoms with van der Waals surface area (Å²) in [4.78, 5) is 10.9. The van der Waals surface area contributed by atoms with Crippen molar-refractivity contribution >= 4 is 5.91 Å². The minimum atomic E-state index is -4.98. The first-order valence-electron chi connectivity index (χ1n) is 5.98. The summed E-state index contributed by atoms with van der Waals surface area (Å²) in [7, 11) is 0. The van der Waals surface area contributed by atoms with Crippen molar-refractivity contribution < 1.29 is 32.5 Å². The molecule has 0 unspecified atom stereocenters. The lowest BCUT2D eigenvalue weighted by Gasteiger charge is -2.38. The van der Waals surface area contributed by atoms with E-state index in [9.17, 15) is 23.1 Å². The van der Waals surface area contributed by atoms with Gasteiger partial charge in [0.15, 0.2) is 6.29 Å². The van der Waals surface area contributed by atoms with Gasteiger partial charge in [-0.3, -0.25) is 4.79 Å². The van der Waals surface area contributed by atoms with Crippen molar-refractivity contribution in [2.45, 2.75) is 64.0 Å².